The Hall–Kier alpha value is -4.61. The molecule has 4 aromatic carbocycles. The maximum Gasteiger partial charge on any atom is 0.282 e. The van der Waals surface area contributed by atoms with E-state index in [1.54, 1.807) is 37.6 Å². The molecular formula is C32H21Br2N3O6. The van der Waals surface area contributed by atoms with Crippen LogP contribution in [0.1, 0.15) is 11.1 Å². The van der Waals surface area contributed by atoms with Gasteiger partial charge in [-0.15, -0.1) is 0 Å². The number of rotatable bonds is 7. The molecule has 0 amide bonds. The van der Waals surface area contributed by atoms with Gasteiger partial charge in [-0.1, -0.05) is 36.4 Å². The van der Waals surface area contributed by atoms with Crippen molar-refractivity contribution in [3.63, 3.8) is 0 Å². The van der Waals surface area contributed by atoms with E-state index in [0.717, 1.165) is 10.9 Å². The lowest BCUT2D eigenvalue weighted by Gasteiger charge is -2.15. The molecule has 0 aliphatic carbocycles. The minimum atomic E-state index is -0.330. The number of hydrogen-bond acceptors (Lipinski definition) is 8. The second-order valence-corrected chi connectivity index (χ2v) is 11.1. The van der Waals surface area contributed by atoms with E-state index in [4.69, 9.17) is 28.3 Å². The number of benzene rings is 4. The normalized spacial score (nSPS) is 12.4. The van der Waals surface area contributed by atoms with E-state index in [2.05, 4.69) is 37.0 Å². The number of hydrogen-bond donors (Lipinski definition) is 0. The molecule has 0 spiro atoms. The average Bonchev–Trinajstić information content (AvgIpc) is 3.68. The van der Waals surface area contributed by atoms with Crippen LogP contribution in [-0.2, 0) is 6.61 Å². The molecule has 214 valence electrons. The molecule has 0 atom stereocenters. The van der Waals surface area contributed by atoms with Crippen LogP contribution in [0.15, 0.2) is 102 Å². The third kappa shape index (κ3) is 5.04. The number of methoxy groups -OCH3 is 1. The highest BCUT2D eigenvalue weighted by atomic mass is 79.9. The zero-order valence-electron chi connectivity index (χ0n) is 22.5. The van der Waals surface area contributed by atoms with Gasteiger partial charge in [-0.3, -0.25) is 4.79 Å². The van der Waals surface area contributed by atoms with Gasteiger partial charge < -0.3 is 23.4 Å². The standard InChI is InChI=1S/C32H21Br2N3O6/c1-39-26-14-20(28(33)29(34)30(26)40-16-18-10-11-24-25(12-18)42-17-41-24)15-35-37-31(27-13-19-6-2-5-9-23(19)43-27)36-22-8-4-3-7-21(22)32(37)38/h2-15H,16-17H2,1H3. The summed E-state index contributed by atoms with van der Waals surface area (Å²) in [4.78, 5) is 18.4. The number of fused-ring (bicyclic) bond motifs is 3. The molecule has 6 aromatic rings. The number of ether oxygens (including phenoxy) is 4. The summed E-state index contributed by atoms with van der Waals surface area (Å²) in [6, 6.07) is 24.0. The van der Waals surface area contributed by atoms with Gasteiger partial charge in [-0.25, -0.2) is 4.98 Å². The highest BCUT2D eigenvalue weighted by Gasteiger charge is 2.20. The maximum atomic E-state index is 13.7. The largest absolute Gasteiger partial charge is 0.493 e. The fourth-order valence-electron chi connectivity index (χ4n) is 4.77. The minimum Gasteiger partial charge on any atom is -0.493 e. The van der Waals surface area contributed by atoms with Crippen molar-refractivity contribution in [2.75, 3.05) is 13.9 Å². The van der Waals surface area contributed by atoms with Crippen LogP contribution in [0.3, 0.4) is 0 Å². The van der Waals surface area contributed by atoms with Gasteiger partial charge >= 0.3 is 0 Å². The molecule has 3 heterocycles. The number of furan rings is 1. The first kappa shape index (κ1) is 27.2. The molecule has 11 heteroatoms. The Labute approximate surface area is 261 Å². The summed E-state index contributed by atoms with van der Waals surface area (Å²) in [5.74, 6) is 3.06. The molecule has 9 nitrogen and oxygen atoms in total. The summed E-state index contributed by atoms with van der Waals surface area (Å²) in [6.45, 7) is 0.473. The van der Waals surface area contributed by atoms with E-state index in [0.29, 0.717) is 59.8 Å². The van der Waals surface area contributed by atoms with Crippen LogP contribution in [0.4, 0.5) is 0 Å². The van der Waals surface area contributed by atoms with Crippen molar-refractivity contribution in [1.29, 1.82) is 0 Å². The topological polar surface area (TPSA) is 97.3 Å². The van der Waals surface area contributed by atoms with E-state index < -0.39 is 0 Å². The molecule has 0 N–H and O–H groups in total. The lowest BCUT2D eigenvalue weighted by molar-refractivity contribution is 0.174. The fourth-order valence-corrected chi connectivity index (χ4v) is 5.71. The molecule has 43 heavy (non-hydrogen) atoms. The van der Waals surface area contributed by atoms with Crippen LogP contribution in [0.2, 0.25) is 0 Å². The molecule has 7 rings (SSSR count). The third-order valence-corrected chi connectivity index (χ3v) is 9.05. The van der Waals surface area contributed by atoms with Crippen LogP contribution in [0.25, 0.3) is 33.5 Å². The Morgan fingerprint density at radius 1 is 0.977 bits per heavy atom. The smallest absolute Gasteiger partial charge is 0.282 e. The zero-order valence-corrected chi connectivity index (χ0v) is 25.7. The second kappa shape index (κ2) is 11.2. The molecule has 0 fully saturated rings. The molecular weight excluding hydrogens is 682 g/mol. The van der Waals surface area contributed by atoms with Crippen molar-refractivity contribution in [2.24, 2.45) is 5.10 Å². The Morgan fingerprint density at radius 2 is 1.79 bits per heavy atom. The molecule has 0 saturated carbocycles. The van der Waals surface area contributed by atoms with Crippen LogP contribution in [-0.4, -0.2) is 29.8 Å². The van der Waals surface area contributed by atoms with Gasteiger partial charge in [0.1, 0.15) is 12.2 Å². The number of nitrogens with zero attached hydrogens (tertiary/aromatic N) is 3. The van der Waals surface area contributed by atoms with Crippen LogP contribution in [0.5, 0.6) is 23.0 Å². The predicted molar refractivity (Wildman–Crippen MR) is 169 cm³/mol. The predicted octanol–water partition coefficient (Wildman–Crippen LogP) is 7.53. The lowest BCUT2D eigenvalue weighted by Crippen LogP contribution is -2.20. The van der Waals surface area contributed by atoms with E-state index in [1.165, 1.54) is 4.68 Å². The maximum absolute atomic E-state index is 13.7. The average molecular weight is 703 g/mol. The van der Waals surface area contributed by atoms with Gasteiger partial charge in [-0.05, 0) is 79.9 Å². The van der Waals surface area contributed by atoms with Gasteiger partial charge in [0, 0.05) is 15.4 Å². The van der Waals surface area contributed by atoms with Gasteiger partial charge in [0.2, 0.25) is 12.6 Å². The van der Waals surface area contributed by atoms with Crippen LogP contribution in [0, 0.1) is 0 Å². The fraction of sp³-hybridized carbons (Fsp3) is 0.0938. The minimum absolute atomic E-state index is 0.204. The Morgan fingerprint density at radius 3 is 2.65 bits per heavy atom. The van der Waals surface area contributed by atoms with Gasteiger partial charge in [-0.2, -0.15) is 9.78 Å². The SMILES string of the molecule is COc1cc(C=Nn2c(-c3cc4ccccc4o3)nc3ccccc3c2=O)c(Br)c(Br)c1OCc1ccc2c(c1)OCO2. The first-order valence-corrected chi connectivity index (χ1v) is 14.7. The highest BCUT2D eigenvalue weighted by molar-refractivity contribution is 9.13. The summed E-state index contributed by atoms with van der Waals surface area (Å²) < 4.78 is 31.3. The molecule has 0 saturated heterocycles. The van der Waals surface area contributed by atoms with E-state index in [9.17, 15) is 4.79 Å². The number of halogens is 2. The quantitative estimate of drug-likeness (QED) is 0.159. The van der Waals surface area contributed by atoms with Gasteiger partial charge in [0.05, 0.1) is 28.7 Å². The molecule has 2 aromatic heterocycles. The molecule has 1 aliphatic rings. The first-order valence-electron chi connectivity index (χ1n) is 13.1. The lowest BCUT2D eigenvalue weighted by atomic mass is 10.2. The molecule has 0 radical (unpaired) electrons. The van der Waals surface area contributed by atoms with E-state index in [1.807, 2.05) is 54.6 Å². The molecule has 0 bridgehead atoms. The summed E-state index contributed by atoms with van der Waals surface area (Å²) >= 11 is 7.28. The summed E-state index contributed by atoms with van der Waals surface area (Å²) in [5.41, 5.74) is 2.44. The highest BCUT2D eigenvalue weighted by Crippen LogP contribution is 2.43. The summed E-state index contributed by atoms with van der Waals surface area (Å²) in [6.07, 6.45) is 1.56. The second-order valence-electron chi connectivity index (χ2n) is 9.56. The van der Waals surface area contributed by atoms with Crippen molar-refractivity contribution >= 4 is 59.9 Å². The van der Waals surface area contributed by atoms with Crippen molar-refractivity contribution < 1.29 is 23.4 Å². The van der Waals surface area contributed by atoms with Crippen LogP contribution >= 0.6 is 31.9 Å². The Balaban J connectivity index is 1.26. The first-order chi connectivity index (χ1) is 21.0. The molecule has 1 aliphatic heterocycles. The van der Waals surface area contributed by atoms with Crippen LogP contribution < -0.4 is 24.5 Å². The zero-order chi connectivity index (χ0) is 29.5. The van der Waals surface area contributed by atoms with Crippen molar-refractivity contribution in [1.82, 2.24) is 9.66 Å². The van der Waals surface area contributed by atoms with Crippen molar-refractivity contribution in [2.45, 2.75) is 6.61 Å². The van der Waals surface area contributed by atoms with E-state index >= 15 is 0 Å². The Kier molecular flexibility index (Phi) is 7.12. The van der Waals surface area contributed by atoms with Gasteiger partial charge in [0.25, 0.3) is 5.56 Å². The summed E-state index contributed by atoms with van der Waals surface area (Å²) in [7, 11) is 1.56. The monoisotopic (exact) mass is 701 g/mol. The summed E-state index contributed by atoms with van der Waals surface area (Å²) in [5, 5.41) is 5.92. The van der Waals surface area contributed by atoms with E-state index in [-0.39, 0.29) is 24.8 Å². The van der Waals surface area contributed by atoms with Gasteiger partial charge in [0.15, 0.2) is 28.8 Å². The molecule has 0 unspecified atom stereocenters. The third-order valence-electron chi connectivity index (χ3n) is 6.91. The number of aromatic nitrogens is 2. The van der Waals surface area contributed by atoms with Crippen molar-refractivity contribution in [3.8, 4) is 34.6 Å². The Bertz CT molecular complexity index is 2090. The number of para-hydroxylation sites is 2. The van der Waals surface area contributed by atoms with Crippen molar-refractivity contribution in [3.05, 3.63) is 109 Å².